The minimum atomic E-state index is -0.921. The molecule has 1 aromatic carbocycles. The summed E-state index contributed by atoms with van der Waals surface area (Å²) in [5.74, 6) is -1.75. The van der Waals surface area contributed by atoms with E-state index in [1.54, 1.807) is 36.9 Å². The second-order valence-electron chi connectivity index (χ2n) is 5.45. The minimum Gasteiger partial charge on any atom is -0.481 e. The normalized spacial score (nSPS) is 12.0. The van der Waals surface area contributed by atoms with Crippen molar-refractivity contribution in [3.05, 3.63) is 34.3 Å². The number of rotatable bonds is 9. The number of carboxylic acids is 1. The molecule has 0 aliphatic rings. The maximum absolute atomic E-state index is 12.8. The Morgan fingerprint density at radius 1 is 1.39 bits per heavy atom. The van der Waals surface area contributed by atoms with Crippen LogP contribution < -0.4 is 0 Å². The van der Waals surface area contributed by atoms with Gasteiger partial charge in [-0.05, 0) is 38.0 Å². The minimum absolute atomic E-state index is 0.159. The molecule has 1 amide bonds. The highest BCUT2D eigenvalue weighted by molar-refractivity contribution is 6.31. The Kier molecular flexibility index (Phi) is 8.06. The number of ether oxygens (including phenoxy) is 1. The molecule has 0 bridgehead atoms. The molecule has 0 radical (unpaired) electrons. The van der Waals surface area contributed by atoms with Gasteiger partial charge in [-0.25, -0.2) is 0 Å². The lowest BCUT2D eigenvalue weighted by atomic mass is 10.1. The molecule has 0 aromatic heterocycles. The summed E-state index contributed by atoms with van der Waals surface area (Å²) in [6.07, 6.45) is 0.658. The molecule has 0 fully saturated rings. The highest BCUT2D eigenvalue weighted by Crippen LogP contribution is 2.20. The first-order valence-corrected chi connectivity index (χ1v) is 8.11. The molecule has 1 aromatic rings. The van der Waals surface area contributed by atoms with E-state index in [4.69, 9.17) is 21.4 Å². The van der Waals surface area contributed by atoms with E-state index >= 15 is 0 Å². The van der Waals surface area contributed by atoms with Crippen LogP contribution in [0.5, 0.6) is 0 Å². The second kappa shape index (κ2) is 9.53. The van der Waals surface area contributed by atoms with Crippen LogP contribution in [0.3, 0.4) is 0 Å². The van der Waals surface area contributed by atoms with Crippen molar-refractivity contribution in [2.24, 2.45) is 5.92 Å². The zero-order valence-electron chi connectivity index (χ0n) is 13.8. The molecule has 1 N–H and O–H groups in total. The molecule has 1 unspecified atom stereocenters. The molecule has 0 spiro atoms. The summed E-state index contributed by atoms with van der Waals surface area (Å²) in [7, 11) is 0. The molecule has 0 heterocycles. The van der Waals surface area contributed by atoms with Crippen LogP contribution in [0.15, 0.2) is 18.2 Å². The van der Waals surface area contributed by atoms with Crippen molar-refractivity contribution in [3.8, 4) is 0 Å². The van der Waals surface area contributed by atoms with Crippen LogP contribution in [0.4, 0.5) is 0 Å². The van der Waals surface area contributed by atoms with Gasteiger partial charge in [0.1, 0.15) is 0 Å². The lowest BCUT2D eigenvalue weighted by Gasteiger charge is -2.25. The molecule has 0 aliphatic heterocycles. The van der Waals surface area contributed by atoms with Crippen LogP contribution in [-0.4, -0.2) is 48.2 Å². The number of hydrogen-bond acceptors (Lipinski definition) is 3. The van der Waals surface area contributed by atoms with E-state index in [2.05, 4.69) is 0 Å². The average molecular weight is 342 g/mol. The van der Waals surface area contributed by atoms with E-state index in [1.165, 1.54) is 0 Å². The van der Waals surface area contributed by atoms with Crippen LogP contribution in [0.2, 0.25) is 5.02 Å². The van der Waals surface area contributed by atoms with Gasteiger partial charge in [-0.2, -0.15) is 0 Å². The Labute approximate surface area is 142 Å². The van der Waals surface area contributed by atoms with Crippen LogP contribution in [0.1, 0.15) is 36.2 Å². The SMILES string of the molecule is CCOCCCN(CC(C)C(=O)O)C(=O)c1cccc(Cl)c1C. The van der Waals surface area contributed by atoms with Gasteiger partial charge in [0.25, 0.3) is 5.91 Å². The average Bonchev–Trinajstić information content (AvgIpc) is 2.52. The first kappa shape index (κ1) is 19.5. The number of carboxylic acid groups (broad SMARTS) is 1. The highest BCUT2D eigenvalue weighted by Gasteiger charge is 2.23. The zero-order chi connectivity index (χ0) is 17.4. The van der Waals surface area contributed by atoms with E-state index in [1.807, 2.05) is 6.92 Å². The number of benzene rings is 1. The van der Waals surface area contributed by atoms with Gasteiger partial charge in [-0.1, -0.05) is 24.6 Å². The molecule has 1 rings (SSSR count). The first-order chi connectivity index (χ1) is 10.9. The summed E-state index contributed by atoms with van der Waals surface area (Å²) in [4.78, 5) is 25.4. The number of carbonyl (C=O) groups excluding carboxylic acids is 1. The van der Waals surface area contributed by atoms with E-state index in [9.17, 15) is 9.59 Å². The lowest BCUT2D eigenvalue weighted by Crippen LogP contribution is -2.38. The summed E-state index contributed by atoms with van der Waals surface area (Å²) >= 11 is 6.08. The smallest absolute Gasteiger partial charge is 0.308 e. The third-order valence-corrected chi connectivity index (χ3v) is 4.03. The monoisotopic (exact) mass is 341 g/mol. The Hall–Kier alpha value is -1.59. The van der Waals surface area contributed by atoms with Crippen LogP contribution in [0.25, 0.3) is 0 Å². The lowest BCUT2D eigenvalue weighted by molar-refractivity contribution is -0.141. The number of nitrogens with zero attached hydrogens (tertiary/aromatic N) is 1. The van der Waals surface area contributed by atoms with E-state index in [-0.39, 0.29) is 12.5 Å². The van der Waals surface area contributed by atoms with Crippen molar-refractivity contribution in [1.29, 1.82) is 0 Å². The number of halogens is 1. The fraction of sp³-hybridized carbons (Fsp3) is 0.529. The van der Waals surface area contributed by atoms with Crippen LogP contribution in [0, 0.1) is 12.8 Å². The third-order valence-electron chi connectivity index (χ3n) is 3.62. The second-order valence-corrected chi connectivity index (χ2v) is 5.86. The number of aliphatic carboxylic acids is 1. The first-order valence-electron chi connectivity index (χ1n) is 7.73. The van der Waals surface area contributed by atoms with Crippen LogP contribution in [-0.2, 0) is 9.53 Å². The summed E-state index contributed by atoms with van der Waals surface area (Å²) in [6.45, 7) is 7.05. The van der Waals surface area contributed by atoms with Crippen molar-refractivity contribution in [2.45, 2.75) is 27.2 Å². The van der Waals surface area contributed by atoms with Gasteiger partial charge >= 0.3 is 5.97 Å². The fourth-order valence-electron chi connectivity index (χ4n) is 2.20. The van der Waals surface area contributed by atoms with Gasteiger partial charge in [-0.15, -0.1) is 0 Å². The highest BCUT2D eigenvalue weighted by atomic mass is 35.5. The van der Waals surface area contributed by atoms with E-state index in [0.717, 1.165) is 0 Å². The molecule has 23 heavy (non-hydrogen) atoms. The molecule has 0 saturated heterocycles. The van der Waals surface area contributed by atoms with Crippen molar-refractivity contribution in [2.75, 3.05) is 26.3 Å². The number of amides is 1. The molecule has 0 aliphatic carbocycles. The van der Waals surface area contributed by atoms with Gasteiger partial charge in [0, 0.05) is 36.9 Å². The molecule has 128 valence electrons. The summed E-state index contributed by atoms with van der Waals surface area (Å²) < 4.78 is 5.29. The summed E-state index contributed by atoms with van der Waals surface area (Å²) in [5.41, 5.74) is 1.21. The molecular formula is C17H24ClNO4. The van der Waals surface area contributed by atoms with Gasteiger partial charge in [0.05, 0.1) is 5.92 Å². The van der Waals surface area contributed by atoms with Crippen molar-refractivity contribution >= 4 is 23.5 Å². The standard InChI is InChI=1S/C17H24ClNO4/c1-4-23-10-6-9-19(11-12(2)17(21)22)16(20)14-7-5-8-15(18)13(14)3/h5,7-8,12H,4,6,9-11H2,1-3H3,(H,21,22). The molecule has 5 nitrogen and oxygen atoms in total. The van der Waals surface area contributed by atoms with Gasteiger partial charge in [0.2, 0.25) is 0 Å². The quantitative estimate of drug-likeness (QED) is 0.700. The third kappa shape index (κ3) is 5.84. The van der Waals surface area contributed by atoms with E-state index in [0.29, 0.717) is 42.3 Å². The van der Waals surface area contributed by atoms with Crippen LogP contribution >= 0.6 is 11.6 Å². The molecule has 6 heteroatoms. The zero-order valence-corrected chi connectivity index (χ0v) is 14.6. The Morgan fingerprint density at radius 3 is 2.70 bits per heavy atom. The molecule has 0 saturated carbocycles. The van der Waals surface area contributed by atoms with Crippen molar-refractivity contribution in [1.82, 2.24) is 4.90 Å². The van der Waals surface area contributed by atoms with Gasteiger partial charge in [0.15, 0.2) is 0 Å². The summed E-state index contributed by atoms with van der Waals surface area (Å²) in [6, 6.07) is 5.17. The maximum atomic E-state index is 12.8. The largest absolute Gasteiger partial charge is 0.481 e. The fourth-order valence-corrected chi connectivity index (χ4v) is 2.37. The predicted molar refractivity (Wildman–Crippen MR) is 90.0 cm³/mol. The Morgan fingerprint density at radius 2 is 2.09 bits per heavy atom. The summed E-state index contributed by atoms with van der Waals surface area (Å²) in [5, 5.41) is 9.63. The van der Waals surface area contributed by atoms with Gasteiger partial charge in [-0.3, -0.25) is 9.59 Å². The van der Waals surface area contributed by atoms with E-state index < -0.39 is 11.9 Å². The Balaban J connectivity index is 2.90. The molecular weight excluding hydrogens is 318 g/mol. The number of hydrogen-bond donors (Lipinski definition) is 1. The van der Waals surface area contributed by atoms with Crippen molar-refractivity contribution in [3.63, 3.8) is 0 Å². The maximum Gasteiger partial charge on any atom is 0.308 e. The predicted octanol–water partition coefficient (Wildman–Crippen LogP) is 3.24. The topological polar surface area (TPSA) is 66.8 Å². The van der Waals surface area contributed by atoms with Crippen molar-refractivity contribution < 1.29 is 19.4 Å². The van der Waals surface area contributed by atoms with Gasteiger partial charge < -0.3 is 14.7 Å². The number of carbonyl (C=O) groups is 2. The Bertz CT molecular complexity index is 547. The molecule has 1 atom stereocenters.